The lowest BCUT2D eigenvalue weighted by Crippen LogP contribution is -2.26. The normalized spacial score (nSPS) is 10.1. The number of aromatic nitrogens is 3. The van der Waals surface area contributed by atoms with Crippen molar-refractivity contribution in [3.8, 4) is 0 Å². The van der Waals surface area contributed by atoms with Crippen molar-refractivity contribution < 1.29 is 4.79 Å². The summed E-state index contributed by atoms with van der Waals surface area (Å²) < 4.78 is 0. The van der Waals surface area contributed by atoms with Crippen LogP contribution in [0.15, 0.2) is 36.9 Å². The van der Waals surface area contributed by atoms with E-state index in [1.54, 1.807) is 12.4 Å². The third kappa shape index (κ3) is 3.49. The van der Waals surface area contributed by atoms with Crippen LogP contribution in [0.5, 0.6) is 0 Å². The molecule has 6 heteroatoms. The van der Waals surface area contributed by atoms with E-state index in [0.717, 1.165) is 12.0 Å². The number of pyridine rings is 1. The zero-order valence-electron chi connectivity index (χ0n) is 9.51. The maximum absolute atomic E-state index is 11.7. The zero-order valence-corrected chi connectivity index (χ0v) is 10.3. The standard InChI is InChI=1S/C12H11ClN4O/c13-11-8-16-10(7-17-11)12(18)15-5-3-9-2-1-4-14-6-9/h1-2,4,6-8H,3,5H2,(H,15,18). The Labute approximate surface area is 109 Å². The van der Waals surface area contributed by atoms with Crippen LogP contribution in [-0.4, -0.2) is 27.4 Å². The first-order chi connectivity index (χ1) is 8.75. The van der Waals surface area contributed by atoms with E-state index in [9.17, 15) is 4.79 Å². The first-order valence-corrected chi connectivity index (χ1v) is 5.78. The zero-order chi connectivity index (χ0) is 12.8. The number of rotatable bonds is 4. The third-order valence-corrected chi connectivity index (χ3v) is 2.47. The summed E-state index contributed by atoms with van der Waals surface area (Å²) in [7, 11) is 0. The number of nitrogens with zero attached hydrogens (tertiary/aromatic N) is 3. The fourth-order valence-corrected chi connectivity index (χ4v) is 1.48. The summed E-state index contributed by atoms with van der Waals surface area (Å²) >= 11 is 5.59. The van der Waals surface area contributed by atoms with E-state index in [1.165, 1.54) is 12.4 Å². The minimum atomic E-state index is -0.261. The van der Waals surface area contributed by atoms with Gasteiger partial charge in [0.15, 0.2) is 0 Å². The Bertz CT molecular complexity index is 515. The molecule has 2 rings (SSSR count). The van der Waals surface area contributed by atoms with E-state index in [-0.39, 0.29) is 16.8 Å². The SMILES string of the molecule is O=C(NCCc1cccnc1)c1cnc(Cl)cn1. The first-order valence-electron chi connectivity index (χ1n) is 5.40. The van der Waals surface area contributed by atoms with Crippen LogP contribution in [0.2, 0.25) is 5.15 Å². The van der Waals surface area contributed by atoms with Crippen LogP contribution in [-0.2, 0) is 6.42 Å². The summed E-state index contributed by atoms with van der Waals surface area (Å²) in [6, 6.07) is 3.82. The maximum atomic E-state index is 11.7. The molecule has 0 bridgehead atoms. The summed E-state index contributed by atoms with van der Waals surface area (Å²) in [4.78, 5) is 23.4. The number of hydrogen-bond donors (Lipinski definition) is 1. The number of amides is 1. The number of hydrogen-bond acceptors (Lipinski definition) is 4. The summed E-state index contributed by atoms with van der Waals surface area (Å²) in [6.45, 7) is 0.523. The molecule has 0 saturated heterocycles. The highest BCUT2D eigenvalue weighted by Crippen LogP contribution is 2.01. The van der Waals surface area contributed by atoms with Gasteiger partial charge in [-0.2, -0.15) is 0 Å². The van der Waals surface area contributed by atoms with Crippen LogP contribution in [0, 0.1) is 0 Å². The van der Waals surface area contributed by atoms with Gasteiger partial charge in [-0.1, -0.05) is 17.7 Å². The highest BCUT2D eigenvalue weighted by atomic mass is 35.5. The fraction of sp³-hybridized carbons (Fsp3) is 0.167. The lowest BCUT2D eigenvalue weighted by Gasteiger charge is -2.04. The molecule has 0 unspecified atom stereocenters. The van der Waals surface area contributed by atoms with Gasteiger partial charge in [0.25, 0.3) is 5.91 Å². The summed E-state index contributed by atoms with van der Waals surface area (Å²) in [6.07, 6.45) is 6.90. The molecule has 0 aliphatic heterocycles. The number of carbonyl (C=O) groups excluding carboxylic acids is 1. The van der Waals surface area contributed by atoms with Gasteiger partial charge < -0.3 is 5.32 Å². The molecule has 2 heterocycles. The smallest absolute Gasteiger partial charge is 0.271 e. The van der Waals surface area contributed by atoms with Crippen LogP contribution >= 0.6 is 11.6 Å². The average molecular weight is 263 g/mol. The summed E-state index contributed by atoms with van der Waals surface area (Å²) in [5, 5.41) is 3.02. The third-order valence-electron chi connectivity index (χ3n) is 2.27. The number of halogens is 1. The van der Waals surface area contributed by atoms with Crippen LogP contribution in [0.3, 0.4) is 0 Å². The van der Waals surface area contributed by atoms with Gasteiger partial charge in [-0.25, -0.2) is 9.97 Å². The Hall–Kier alpha value is -2.01. The second-order valence-corrected chi connectivity index (χ2v) is 3.98. The second-order valence-electron chi connectivity index (χ2n) is 3.59. The highest BCUT2D eigenvalue weighted by molar-refractivity contribution is 6.29. The predicted molar refractivity (Wildman–Crippen MR) is 67.3 cm³/mol. The van der Waals surface area contributed by atoms with E-state index < -0.39 is 0 Å². The molecule has 5 nitrogen and oxygen atoms in total. The molecule has 0 aliphatic rings. The van der Waals surface area contributed by atoms with Crippen LogP contribution < -0.4 is 5.32 Å². The van der Waals surface area contributed by atoms with Crippen LogP contribution in [0.1, 0.15) is 16.1 Å². The van der Waals surface area contributed by atoms with Gasteiger partial charge >= 0.3 is 0 Å². The molecule has 18 heavy (non-hydrogen) atoms. The van der Waals surface area contributed by atoms with E-state index >= 15 is 0 Å². The minimum absolute atomic E-state index is 0.255. The molecular weight excluding hydrogens is 252 g/mol. The topological polar surface area (TPSA) is 67.8 Å². The maximum Gasteiger partial charge on any atom is 0.271 e. The van der Waals surface area contributed by atoms with Gasteiger partial charge in [-0.15, -0.1) is 0 Å². The molecule has 0 aromatic carbocycles. The molecule has 1 N–H and O–H groups in total. The Morgan fingerprint density at radius 3 is 2.83 bits per heavy atom. The monoisotopic (exact) mass is 262 g/mol. The molecule has 0 saturated carbocycles. The highest BCUT2D eigenvalue weighted by Gasteiger charge is 2.06. The molecule has 0 fully saturated rings. The first kappa shape index (κ1) is 12.4. The van der Waals surface area contributed by atoms with Gasteiger partial charge in [0.1, 0.15) is 10.8 Å². The van der Waals surface area contributed by atoms with E-state index in [0.29, 0.717) is 6.54 Å². The van der Waals surface area contributed by atoms with Crippen molar-refractivity contribution >= 4 is 17.5 Å². The molecule has 0 radical (unpaired) electrons. The van der Waals surface area contributed by atoms with E-state index in [4.69, 9.17) is 11.6 Å². The molecule has 0 atom stereocenters. The van der Waals surface area contributed by atoms with Crippen molar-refractivity contribution in [2.24, 2.45) is 0 Å². The molecule has 2 aromatic heterocycles. The molecule has 0 spiro atoms. The fourth-order valence-electron chi connectivity index (χ4n) is 1.39. The summed E-state index contributed by atoms with van der Waals surface area (Å²) in [5.41, 5.74) is 1.32. The van der Waals surface area contributed by atoms with Gasteiger partial charge in [-0.05, 0) is 18.1 Å². The Kier molecular flexibility index (Phi) is 4.20. The van der Waals surface area contributed by atoms with Crippen molar-refractivity contribution in [2.45, 2.75) is 6.42 Å². The molecule has 1 amide bonds. The lowest BCUT2D eigenvalue weighted by atomic mass is 10.2. The summed E-state index contributed by atoms with van der Waals surface area (Å²) in [5.74, 6) is -0.261. The minimum Gasteiger partial charge on any atom is -0.350 e. The molecule has 0 aliphatic carbocycles. The van der Waals surface area contributed by atoms with Crippen LogP contribution in [0.4, 0.5) is 0 Å². The van der Waals surface area contributed by atoms with Crippen molar-refractivity contribution in [1.29, 1.82) is 0 Å². The van der Waals surface area contributed by atoms with Gasteiger partial charge in [0.05, 0.1) is 12.4 Å². The van der Waals surface area contributed by atoms with Gasteiger partial charge in [0, 0.05) is 18.9 Å². The van der Waals surface area contributed by atoms with Gasteiger partial charge in [-0.3, -0.25) is 9.78 Å². The predicted octanol–water partition coefficient (Wildman–Crippen LogP) is 1.50. The quantitative estimate of drug-likeness (QED) is 0.907. The molecule has 2 aromatic rings. The largest absolute Gasteiger partial charge is 0.350 e. The van der Waals surface area contributed by atoms with Crippen molar-refractivity contribution in [2.75, 3.05) is 6.54 Å². The van der Waals surface area contributed by atoms with Crippen molar-refractivity contribution in [3.05, 3.63) is 53.3 Å². The Morgan fingerprint density at radius 1 is 1.28 bits per heavy atom. The lowest BCUT2D eigenvalue weighted by molar-refractivity contribution is 0.0949. The molecule has 92 valence electrons. The van der Waals surface area contributed by atoms with E-state index in [1.807, 2.05) is 12.1 Å². The van der Waals surface area contributed by atoms with Gasteiger partial charge in [0.2, 0.25) is 0 Å². The number of nitrogens with one attached hydrogen (secondary N) is 1. The van der Waals surface area contributed by atoms with Crippen molar-refractivity contribution in [3.63, 3.8) is 0 Å². The van der Waals surface area contributed by atoms with E-state index in [2.05, 4.69) is 20.3 Å². The van der Waals surface area contributed by atoms with Crippen LogP contribution in [0.25, 0.3) is 0 Å². The Balaban J connectivity index is 1.84. The molecular formula is C12H11ClN4O. The Morgan fingerprint density at radius 2 is 2.17 bits per heavy atom. The average Bonchev–Trinajstić information content (AvgIpc) is 2.40. The van der Waals surface area contributed by atoms with Crippen molar-refractivity contribution in [1.82, 2.24) is 20.3 Å². The second kappa shape index (κ2) is 6.07. The number of carbonyl (C=O) groups is 1.